The molecule has 110 valence electrons. The highest BCUT2D eigenvalue weighted by atomic mass is 14.7. The molecule has 1 atom stereocenters. The van der Waals surface area contributed by atoms with Crippen molar-refractivity contribution < 1.29 is 0 Å². The number of hydrogen-bond acceptors (Lipinski definition) is 1. The maximum absolute atomic E-state index is 5.05. The summed E-state index contributed by atoms with van der Waals surface area (Å²) < 4.78 is 0. The van der Waals surface area contributed by atoms with Crippen molar-refractivity contribution in [2.45, 2.75) is 58.3 Å². The minimum Gasteiger partial charge on any atom is -0.253 e. The molecule has 1 nitrogen and oxygen atoms in total. The fourth-order valence-corrected chi connectivity index (χ4v) is 4.03. The summed E-state index contributed by atoms with van der Waals surface area (Å²) in [6.07, 6.45) is 8.23. The molecule has 0 amide bonds. The van der Waals surface area contributed by atoms with Crippen LogP contribution in [0.2, 0.25) is 0 Å². The Balaban J connectivity index is 1.70. The molecule has 0 spiro atoms. The van der Waals surface area contributed by atoms with Gasteiger partial charge in [-0.3, -0.25) is 4.98 Å². The molecule has 4 rings (SSSR count). The second-order valence-electron chi connectivity index (χ2n) is 7.39. The molecular weight excluding hydrogens is 254 g/mol. The molecule has 0 radical (unpaired) electrons. The zero-order valence-corrected chi connectivity index (χ0v) is 13.2. The Labute approximate surface area is 127 Å². The van der Waals surface area contributed by atoms with Crippen molar-refractivity contribution in [3.8, 4) is 0 Å². The van der Waals surface area contributed by atoms with E-state index in [4.69, 9.17) is 4.98 Å². The lowest BCUT2D eigenvalue weighted by Gasteiger charge is -2.36. The monoisotopic (exact) mass is 279 g/mol. The largest absolute Gasteiger partial charge is 0.253 e. The Morgan fingerprint density at radius 2 is 1.90 bits per heavy atom. The van der Waals surface area contributed by atoms with Gasteiger partial charge in [0.2, 0.25) is 0 Å². The van der Waals surface area contributed by atoms with E-state index in [2.05, 4.69) is 38.1 Å². The molecule has 0 aliphatic heterocycles. The number of rotatable bonds is 2. The molecule has 1 aromatic heterocycles. The van der Waals surface area contributed by atoms with Gasteiger partial charge >= 0.3 is 0 Å². The van der Waals surface area contributed by atoms with Gasteiger partial charge in [-0.2, -0.15) is 0 Å². The predicted octanol–water partition coefficient (Wildman–Crippen LogP) is 5.26. The summed E-state index contributed by atoms with van der Waals surface area (Å²) in [5.74, 6) is 2.48. The number of hydrogen-bond donors (Lipinski definition) is 0. The van der Waals surface area contributed by atoms with Crippen LogP contribution < -0.4 is 0 Å². The highest BCUT2D eigenvalue weighted by Gasteiger charge is 2.30. The summed E-state index contributed by atoms with van der Waals surface area (Å²) in [5.41, 5.74) is 5.51. The van der Waals surface area contributed by atoms with Crippen molar-refractivity contribution in [3.05, 3.63) is 41.1 Å². The molecule has 0 unspecified atom stereocenters. The molecule has 2 aromatic rings. The van der Waals surface area contributed by atoms with Crippen molar-refractivity contribution in [3.63, 3.8) is 0 Å². The van der Waals surface area contributed by atoms with E-state index in [0.29, 0.717) is 5.92 Å². The van der Waals surface area contributed by atoms with Gasteiger partial charge < -0.3 is 0 Å². The molecule has 1 fully saturated rings. The Hall–Kier alpha value is -1.37. The number of aromatic nitrogens is 1. The van der Waals surface area contributed by atoms with E-state index in [0.717, 1.165) is 11.8 Å². The van der Waals surface area contributed by atoms with Gasteiger partial charge in [0.15, 0.2) is 0 Å². The van der Waals surface area contributed by atoms with Crippen molar-refractivity contribution >= 4 is 10.9 Å². The topological polar surface area (TPSA) is 12.9 Å². The SMILES string of the molecule is CC(C)c1ccc2cc3c(nc2c1)C[C@H](C1CCC1)CC3. The van der Waals surface area contributed by atoms with Gasteiger partial charge in [0, 0.05) is 11.1 Å². The van der Waals surface area contributed by atoms with E-state index in [9.17, 15) is 0 Å². The molecule has 2 aliphatic rings. The number of pyridine rings is 1. The van der Waals surface area contributed by atoms with Gasteiger partial charge in [-0.15, -0.1) is 0 Å². The molecule has 1 heterocycles. The van der Waals surface area contributed by atoms with Crippen LogP contribution in [0.15, 0.2) is 24.3 Å². The Kier molecular flexibility index (Phi) is 3.24. The normalized spacial score (nSPS) is 22.3. The van der Waals surface area contributed by atoms with Crippen LogP contribution in [-0.2, 0) is 12.8 Å². The maximum Gasteiger partial charge on any atom is 0.0708 e. The first-order valence-electron chi connectivity index (χ1n) is 8.63. The van der Waals surface area contributed by atoms with Gasteiger partial charge in [0.25, 0.3) is 0 Å². The Morgan fingerprint density at radius 3 is 2.62 bits per heavy atom. The van der Waals surface area contributed by atoms with Gasteiger partial charge in [0.1, 0.15) is 0 Å². The molecular formula is C20H25N. The van der Waals surface area contributed by atoms with Crippen molar-refractivity contribution in [1.29, 1.82) is 0 Å². The van der Waals surface area contributed by atoms with Crippen LogP contribution in [0, 0.1) is 11.8 Å². The highest BCUT2D eigenvalue weighted by Crippen LogP contribution is 2.40. The molecule has 21 heavy (non-hydrogen) atoms. The summed E-state index contributed by atoms with van der Waals surface area (Å²) in [6, 6.07) is 9.23. The lowest BCUT2D eigenvalue weighted by atomic mass is 9.69. The predicted molar refractivity (Wildman–Crippen MR) is 88.7 cm³/mol. The second kappa shape index (κ2) is 5.12. The van der Waals surface area contributed by atoms with Crippen molar-refractivity contribution in [2.24, 2.45) is 11.8 Å². The first-order valence-corrected chi connectivity index (χ1v) is 8.63. The third-order valence-electron chi connectivity index (χ3n) is 5.73. The van der Waals surface area contributed by atoms with E-state index in [1.54, 1.807) is 0 Å². The van der Waals surface area contributed by atoms with Crippen LogP contribution in [0.4, 0.5) is 0 Å². The standard InChI is InChI=1S/C20H25N/c1-13(2)15-6-8-17-10-18-9-7-16(14-4-3-5-14)12-20(18)21-19(17)11-15/h6,8,10-11,13-14,16H,3-5,7,9,12H2,1-2H3/t16-/m1/s1. The third kappa shape index (κ3) is 2.37. The van der Waals surface area contributed by atoms with Crippen LogP contribution in [0.25, 0.3) is 10.9 Å². The molecule has 0 bridgehead atoms. The average Bonchev–Trinajstić information content (AvgIpc) is 2.42. The molecule has 1 saturated carbocycles. The quantitative estimate of drug-likeness (QED) is 0.730. The summed E-state index contributed by atoms with van der Waals surface area (Å²) in [7, 11) is 0. The minimum atomic E-state index is 0.579. The molecule has 0 saturated heterocycles. The Bertz CT molecular complexity index is 667. The van der Waals surface area contributed by atoms with E-state index in [-0.39, 0.29) is 0 Å². The highest BCUT2D eigenvalue weighted by molar-refractivity contribution is 5.80. The minimum absolute atomic E-state index is 0.579. The summed E-state index contributed by atoms with van der Waals surface area (Å²) >= 11 is 0. The summed E-state index contributed by atoms with van der Waals surface area (Å²) in [6.45, 7) is 4.51. The van der Waals surface area contributed by atoms with E-state index in [1.807, 2.05) is 0 Å². The third-order valence-corrected chi connectivity index (χ3v) is 5.73. The molecule has 1 heteroatoms. The lowest BCUT2D eigenvalue weighted by Crippen LogP contribution is -2.27. The smallest absolute Gasteiger partial charge is 0.0708 e. The second-order valence-corrected chi connectivity index (χ2v) is 7.39. The van der Waals surface area contributed by atoms with E-state index in [1.165, 1.54) is 66.2 Å². The molecule has 1 aromatic carbocycles. The lowest BCUT2D eigenvalue weighted by molar-refractivity contribution is 0.187. The first kappa shape index (κ1) is 13.3. The van der Waals surface area contributed by atoms with Crippen LogP contribution in [0.5, 0.6) is 0 Å². The number of benzene rings is 1. The zero-order chi connectivity index (χ0) is 14.4. The van der Waals surface area contributed by atoms with Gasteiger partial charge in [-0.25, -0.2) is 0 Å². The van der Waals surface area contributed by atoms with Gasteiger partial charge in [0.05, 0.1) is 5.52 Å². The fraction of sp³-hybridized carbons (Fsp3) is 0.550. The van der Waals surface area contributed by atoms with Gasteiger partial charge in [-0.05, 0) is 60.3 Å². The number of nitrogens with zero attached hydrogens (tertiary/aromatic N) is 1. The molecule has 0 N–H and O–H groups in total. The summed E-state index contributed by atoms with van der Waals surface area (Å²) in [5, 5.41) is 1.32. The number of fused-ring (bicyclic) bond motifs is 2. The van der Waals surface area contributed by atoms with Crippen molar-refractivity contribution in [1.82, 2.24) is 4.98 Å². The molecule has 2 aliphatic carbocycles. The fourth-order valence-electron chi connectivity index (χ4n) is 4.03. The number of aryl methyl sites for hydroxylation is 1. The maximum atomic E-state index is 5.05. The Morgan fingerprint density at radius 1 is 1.05 bits per heavy atom. The van der Waals surface area contributed by atoms with E-state index >= 15 is 0 Å². The van der Waals surface area contributed by atoms with Crippen LogP contribution in [-0.4, -0.2) is 4.98 Å². The first-order chi connectivity index (χ1) is 10.2. The summed E-state index contributed by atoms with van der Waals surface area (Å²) in [4.78, 5) is 5.05. The van der Waals surface area contributed by atoms with Crippen molar-refractivity contribution in [2.75, 3.05) is 0 Å². The average molecular weight is 279 g/mol. The van der Waals surface area contributed by atoms with Gasteiger partial charge in [-0.1, -0.05) is 45.2 Å². The van der Waals surface area contributed by atoms with Crippen LogP contribution in [0.1, 0.15) is 62.3 Å². The van der Waals surface area contributed by atoms with Crippen LogP contribution >= 0.6 is 0 Å². The van der Waals surface area contributed by atoms with E-state index < -0.39 is 0 Å². The van der Waals surface area contributed by atoms with Crippen LogP contribution in [0.3, 0.4) is 0 Å². The zero-order valence-electron chi connectivity index (χ0n) is 13.2.